The average molecular weight is 381 g/mol. The van der Waals surface area contributed by atoms with Crippen molar-refractivity contribution < 1.29 is 0 Å². The highest BCUT2D eigenvalue weighted by atomic mass is 15.4. The largest absolute Gasteiger partial charge is 0.336 e. The number of nitriles is 1. The number of aryl methyl sites for hydroxylation is 1. The zero-order valence-corrected chi connectivity index (χ0v) is 15.8. The van der Waals surface area contributed by atoms with Crippen LogP contribution in [0.3, 0.4) is 0 Å². The first-order valence-electron chi connectivity index (χ1n) is 9.69. The molecule has 7 heteroatoms. The second-order valence-electron chi connectivity index (χ2n) is 7.29. The quantitative estimate of drug-likeness (QED) is 0.540. The predicted octanol–water partition coefficient (Wildman–Crippen LogP) is 3.52. The van der Waals surface area contributed by atoms with Crippen LogP contribution in [0.4, 0.5) is 0 Å². The van der Waals surface area contributed by atoms with Crippen molar-refractivity contribution in [2.24, 2.45) is 0 Å². The lowest BCUT2D eigenvalue weighted by atomic mass is 9.83. The van der Waals surface area contributed by atoms with E-state index < -0.39 is 0 Å². The van der Waals surface area contributed by atoms with Gasteiger partial charge in [0.15, 0.2) is 5.69 Å². The molecule has 1 unspecified atom stereocenters. The van der Waals surface area contributed by atoms with Crippen LogP contribution in [0.25, 0.3) is 17.1 Å². The number of benzene rings is 1. The zero-order valence-electron chi connectivity index (χ0n) is 15.8. The molecule has 29 heavy (non-hydrogen) atoms. The van der Waals surface area contributed by atoms with Crippen LogP contribution >= 0.6 is 0 Å². The molecule has 4 aromatic rings. The van der Waals surface area contributed by atoms with Gasteiger partial charge in [0.05, 0.1) is 23.9 Å². The number of aromatic nitrogens is 6. The van der Waals surface area contributed by atoms with Crippen molar-refractivity contribution in [1.29, 1.82) is 5.26 Å². The van der Waals surface area contributed by atoms with E-state index in [1.165, 1.54) is 41.3 Å². The minimum atomic E-state index is 0.378. The second kappa shape index (κ2) is 7.32. The maximum absolute atomic E-state index is 9.20. The number of hydrogen-bond acceptors (Lipinski definition) is 5. The molecule has 0 radical (unpaired) electrons. The van der Waals surface area contributed by atoms with E-state index in [4.69, 9.17) is 0 Å². The predicted molar refractivity (Wildman–Crippen MR) is 107 cm³/mol. The van der Waals surface area contributed by atoms with Crippen LogP contribution in [0, 0.1) is 11.3 Å². The number of hydrogen-bond donors (Lipinski definition) is 0. The normalized spacial score (nSPS) is 15.6. The molecule has 0 bridgehead atoms. The Morgan fingerprint density at radius 2 is 2.07 bits per heavy atom. The molecule has 3 aromatic heterocycles. The van der Waals surface area contributed by atoms with Gasteiger partial charge < -0.3 is 4.57 Å². The van der Waals surface area contributed by atoms with E-state index in [1.54, 1.807) is 12.3 Å². The molecule has 142 valence electrons. The molecule has 0 spiro atoms. The van der Waals surface area contributed by atoms with E-state index in [0.29, 0.717) is 11.6 Å². The van der Waals surface area contributed by atoms with Gasteiger partial charge in [-0.3, -0.25) is 4.98 Å². The Bertz CT molecular complexity index is 1200. The van der Waals surface area contributed by atoms with Gasteiger partial charge in [-0.05, 0) is 42.5 Å². The second-order valence-corrected chi connectivity index (χ2v) is 7.29. The van der Waals surface area contributed by atoms with Gasteiger partial charge in [0.25, 0.3) is 0 Å². The Morgan fingerprint density at radius 3 is 3.00 bits per heavy atom. The fraction of sp³-hybridized carbons (Fsp3) is 0.227. The first kappa shape index (κ1) is 17.3. The smallest absolute Gasteiger partial charge is 0.164 e. The Morgan fingerprint density at radius 1 is 1.14 bits per heavy atom. The highest BCUT2D eigenvalue weighted by Gasteiger charge is 2.20. The third kappa shape index (κ3) is 3.29. The van der Waals surface area contributed by atoms with E-state index in [2.05, 4.69) is 55.2 Å². The van der Waals surface area contributed by atoms with Gasteiger partial charge in [0.1, 0.15) is 11.8 Å². The van der Waals surface area contributed by atoms with Crippen LogP contribution in [0.15, 0.2) is 61.3 Å². The number of imidazole rings is 1. The summed E-state index contributed by atoms with van der Waals surface area (Å²) in [5.41, 5.74) is 5.59. The zero-order chi connectivity index (χ0) is 19.6. The van der Waals surface area contributed by atoms with E-state index >= 15 is 0 Å². The van der Waals surface area contributed by atoms with Gasteiger partial charge in [-0.2, -0.15) is 5.26 Å². The number of pyridine rings is 1. The fourth-order valence-corrected chi connectivity index (χ4v) is 4.08. The van der Waals surface area contributed by atoms with E-state index in [1.807, 2.05) is 18.6 Å². The van der Waals surface area contributed by atoms with Crippen molar-refractivity contribution in [3.8, 4) is 23.1 Å². The monoisotopic (exact) mass is 381 g/mol. The summed E-state index contributed by atoms with van der Waals surface area (Å²) in [5, 5.41) is 17.0. The van der Waals surface area contributed by atoms with Crippen LogP contribution in [-0.2, 0) is 13.0 Å². The van der Waals surface area contributed by atoms with E-state index in [9.17, 15) is 5.26 Å². The number of nitrogens with zero attached hydrogens (tertiary/aromatic N) is 7. The lowest BCUT2D eigenvalue weighted by Gasteiger charge is -2.25. The van der Waals surface area contributed by atoms with Gasteiger partial charge >= 0.3 is 0 Å². The molecule has 0 fully saturated rings. The molecule has 1 aliphatic rings. The minimum Gasteiger partial charge on any atom is -0.336 e. The molecular weight excluding hydrogens is 362 g/mol. The molecule has 1 aliphatic carbocycles. The number of rotatable bonds is 4. The summed E-state index contributed by atoms with van der Waals surface area (Å²) in [6.45, 7) is 0.908. The maximum atomic E-state index is 9.20. The molecule has 1 aromatic carbocycles. The van der Waals surface area contributed by atoms with Crippen molar-refractivity contribution in [2.75, 3.05) is 0 Å². The van der Waals surface area contributed by atoms with Crippen LogP contribution in [-0.4, -0.2) is 29.5 Å². The van der Waals surface area contributed by atoms with Gasteiger partial charge in [-0.25, -0.2) is 9.67 Å². The van der Waals surface area contributed by atoms with E-state index in [-0.39, 0.29) is 0 Å². The third-order valence-electron chi connectivity index (χ3n) is 5.47. The van der Waals surface area contributed by atoms with Crippen LogP contribution < -0.4 is 0 Å². The first-order valence-corrected chi connectivity index (χ1v) is 9.69. The Hall–Kier alpha value is -3.79. The van der Waals surface area contributed by atoms with Gasteiger partial charge in [-0.1, -0.05) is 29.5 Å². The third-order valence-corrected chi connectivity index (χ3v) is 5.47. The molecule has 3 heterocycles. The van der Waals surface area contributed by atoms with Gasteiger partial charge in [-0.15, -0.1) is 5.10 Å². The summed E-state index contributed by atoms with van der Waals surface area (Å²) < 4.78 is 3.65. The molecule has 0 amide bonds. The summed E-state index contributed by atoms with van der Waals surface area (Å²) in [5.74, 6) is 0.509. The molecule has 0 saturated heterocycles. The molecule has 5 rings (SSSR count). The van der Waals surface area contributed by atoms with Crippen molar-refractivity contribution in [2.45, 2.75) is 31.7 Å². The summed E-state index contributed by atoms with van der Waals surface area (Å²) in [6, 6.07) is 14.5. The maximum Gasteiger partial charge on any atom is 0.164 e. The summed E-state index contributed by atoms with van der Waals surface area (Å²) >= 11 is 0. The lowest BCUT2D eigenvalue weighted by Crippen LogP contribution is -2.14. The van der Waals surface area contributed by atoms with Crippen molar-refractivity contribution in [3.63, 3.8) is 0 Å². The van der Waals surface area contributed by atoms with E-state index in [0.717, 1.165) is 23.6 Å². The average Bonchev–Trinajstić information content (AvgIpc) is 3.44. The lowest BCUT2D eigenvalue weighted by molar-refractivity contribution is 0.483. The molecule has 0 N–H and O–H groups in total. The molecule has 7 nitrogen and oxygen atoms in total. The molecule has 1 atom stereocenters. The first-order chi connectivity index (χ1) is 14.3. The molecule has 0 saturated carbocycles. The summed E-state index contributed by atoms with van der Waals surface area (Å²) in [4.78, 5) is 9.01. The number of fused-ring (bicyclic) bond motifs is 1. The highest BCUT2D eigenvalue weighted by molar-refractivity contribution is 5.56. The Labute approximate surface area is 168 Å². The molecular formula is C22H19N7. The van der Waals surface area contributed by atoms with Crippen molar-refractivity contribution in [1.82, 2.24) is 29.5 Å². The Balaban J connectivity index is 1.40. The van der Waals surface area contributed by atoms with Crippen LogP contribution in [0.5, 0.6) is 0 Å². The summed E-state index contributed by atoms with van der Waals surface area (Å²) in [7, 11) is 0. The van der Waals surface area contributed by atoms with Gasteiger partial charge in [0, 0.05) is 24.9 Å². The van der Waals surface area contributed by atoms with Crippen molar-refractivity contribution >= 4 is 0 Å². The molecule has 0 aliphatic heterocycles. The van der Waals surface area contributed by atoms with Crippen LogP contribution in [0.1, 0.15) is 35.6 Å². The topological polar surface area (TPSA) is 85.2 Å². The van der Waals surface area contributed by atoms with Gasteiger partial charge in [0.2, 0.25) is 0 Å². The SMILES string of the molecule is N#Cc1cnnn1-c1ccnc(-c2cn(CC3CCCc4ccccc43)cn2)c1. The summed E-state index contributed by atoms with van der Waals surface area (Å²) in [6.07, 6.45) is 10.6. The van der Waals surface area contributed by atoms with Crippen LogP contribution in [0.2, 0.25) is 0 Å². The minimum absolute atomic E-state index is 0.378. The fourth-order valence-electron chi connectivity index (χ4n) is 4.08. The highest BCUT2D eigenvalue weighted by Crippen LogP contribution is 2.33. The van der Waals surface area contributed by atoms with Crippen molar-refractivity contribution in [3.05, 3.63) is 78.1 Å². The Kier molecular flexibility index (Phi) is 4.37. The standard InChI is InChI=1S/C22H19N7/c23-11-19-12-26-27-29(19)18-8-9-24-21(10-18)22-14-28(15-25-22)13-17-6-3-5-16-4-1-2-7-20(16)17/h1-2,4,7-10,12,14-15,17H,3,5-6,13H2.